The smallest absolute Gasteiger partial charge is 0.242 e. The van der Waals surface area contributed by atoms with Crippen LogP contribution >= 0.6 is 0 Å². The Morgan fingerprint density at radius 1 is 1.16 bits per heavy atom. The van der Waals surface area contributed by atoms with Gasteiger partial charge in [0.15, 0.2) is 0 Å². The first-order valence-corrected chi connectivity index (χ1v) is 11.5. The summed E-state index contributed by atoms with van der Waals surface area (Å²) in [5, 5.41) is 2.85. The summed E-state index contributed by atoms with van der Waals surface area (Å²) < 4.78 is 0. The highest BCUT2D eigenvalue weighted by atomic mass is 16.2. The summed E-state index contributed by atoms with van der Waals surface area (Å²) in [6.07, 6.45) is 5.85. The van der Waals surface area contributed by atoms with Gasteiger partial charge in [0.25, 0.3) is 0 Å². The molecule has 1 N–H and O–H groups in total. The number of hydrogen-bond acceptors (Lipinski definition) is 4. The number of carbonyl (C=O) groups is 4. The highest BCUT2D eigenvalue weighted by molar-refractivity contribution is 6.05. The fraction of sp³-hybridized carbons (Fsp3) is 0.520. The number of rotatable bonds is 9. The van der Waals surface area contributed by atoms with Crippen molar-refractivity contribution >= 4 is 23.6 Å². The normalized spacial score (nSPS) is 20.8. The molecule has 1 heterocycles. The van der Waals surface area contributed by atoms with Crippen molar-refractivity contribution in [3.63, 3.8) is 0 Å². The number of likely N-dealkylation sites (tertiary alicyclic amines) is 1. The van der Waals surface area contributed by atoms with Gasteiger partial charge in [-0.25, -0.2) is 0 Å². The molecule has 3 rings (SSSR count). The average molecular weight is 440 g/mol. The van der Waals surface area contributed by atoms with Gasteiger partial charge in [0.05, 0.1) is 11.8 Å². The number of aryl methyl sites for hydroxylation is 1. The van der Waals surface area contributed by atoms with Gasteiger partial charge in [0.1, 0.15) is 6.04 Å². The Balaban J connectivity index is 1.70. The third-order valence-corrected chi connectivity index (χ3v) is 6.30. The van der Waals surface area contributed by atoms with Crippen molar-refractivity contribution in [2.75, 3.05) is 13.1 Å². The topological polar surface area (TPSA) is 86.8 Å². The summed E-state index contributed by atoms with van der Waals surface area (Å²) in [6.45, 7) is 6.55. The van der Waals surface area contributed by atoms with Gasteiger partial charge in [-0.1, -0.05) is 48.9 Å². The third-order valence-electron chi connectivity index (χ3n) is 6.30. The Bertz CT molecular complexity index is 884. The van der Waals surface area contributed by atoms with Crippen LogP contribution in [0.3, 0.4) is 0 Å². The van der Waals surface area contributed by atoms with E-state index in [2.05, 4.69) is 5.32 Å². The second-order valence-electron chi connectivity index (χ2n) is 8.71. The van der Waals surface area contributed by atoms with Crippen LogP contribution in [0.25, 0.3) is 0 Å². The number of nitrogens with one attached hydrogen (secondary N) is 1. The van der Waals surface area contributed by atoms with E-state index in [1.807, 2.05) is 50.3 Å². The van der Waals surface area contributed by atoms with Crippen molar-refractivity contribution in [1.29, 1.82) is 0 Å². The molecule has 7 heteroatoms. The lowest BCUT2D eigenvalue weighted by atomic mass is 9.85. The minimum atomic E-state index is -0.661. The fourth-order valence-electron chi connectivity index (χ4n) is 4.43. The number of allylic oxidation sites excluding steroid dienone is 2. The molecule has 0 spiro atoms. The van der Waals surface area contributed by atoms with E-state index in [0.29, 0.717) is 19.4 Å². The summed E-state index contributed by atoms with van der Waals surface area (Å²) in [4.78, 5) is 54.0. The molecule has 32 heavy (non-hydrogen) atoms. The fourth-order valence-corrected chi connectivity index (χ4v) is 4.43. The van der Waals surface area contributed by atoms with Crippen LogP contribution in [0.2, 0.25) is 0 Å². The zero-order valence-corrected chi connectivity index (χ0v) is 19.2. The second-order valence-corrected chi connectivity index (χ2v) is 8.71. The average Bonchev–Trinajstić information content (AvgIpc) is 3.03. The maximum atomic E-state index is 13.2. The molecule has 1 aromatic rings. The predicted octanol–water partition coefficient (Wildman–Crippen LogP) is 2.58. The van der Waals surface area contributed by atoms with Gasteiger partial charge >= 0.3 is 0 Å². The molecule has 0 saturated carbocycles. The summed E-state index contributed by atoms with van der Waals surface area (Å²) in [5.41, 5.74) is 2.00. The van der Waals surface area contributed by atoms with Crippen LogP contribution in [-0.4, -0.2) is 52.6 Å². The first-order chi connectivity index (χ1) is 15.3. The summed E-state index contributed by atoms with van der Waals surface area (Å²) in [7, 11) is 0. The Labute approximate surface area is 189 Å². The summed E-state index contributed by atoms with van der Waals surface area (Å²) >= 11 is 0. The first kappa shape index (κ1) is 23.7. The molecule has 1 unspecified atom stereocenters. The lowest BCUT2D eigenvalue weighted by molar-refractivity contribution is -0.143. The van der Waals surface area contributed by atoms with Gasteiger partial charge in [-0.05, 0) is 38.7 Å². The van der Waals surface area contributed by atoms with Crippen molar-refractivity contribution in [2.45, 2.75) is 59.0 Å². The molecule has 0 radical (unpaired) electrons. The van der Waals surface area contributed by atoms with Crippen LogP contribution < -0.4 is 5.32 Å². The predicted molar refractivity (Wildman–Crippen MR) is 121 cm³/mol. The molecule has 7 nitrogen and oxygen atoms in total. The summed E-state index contributed by atoms with van der Waals surface area (Å²) in [6, 6.07) is 7.15. The monoisotopic (exact) mass is 439 g/mol. The Kier molecular flexibility index (Phi) is 7.83. The molecular formula is C25H33N3O4. The first-order valence-electron chi connectivity index (χ1n) is 11.5. The number of carbonyl (C=O) groups excluding carboxylic acids is 4. The molecule has 1 aromatic carbocycles. The molecule has 1 saturated heterocycles. The van der Waals surface area contributed by atoms with Crippen LogP contribution in [0.15, 0.2) is 36.4 Å². The third kappa shape index (κ3) is 5.26. The number of hydrogen-bond donors (Lipinski definition) is 1. The van der Waals surface area contributed by atoms with Gasteiger partial charge in [-0.15, -0.1) is 0 Å². The SMILES string of the molecule is CCCNC(=O)C(C)N(Cc1cccc(C)c1)C(=O)CCN1C(=O)[C@H]2CC=CC[C@H]2C1=O. The minimum Gasteiger partial charge on any atom is -0.354 e. The van der Waals surface area contributed by atoms with Crippen LogP contribution in [0, 0.1) is 18.8 Å². The quantitative estimate of drug-likeness (QED) is 0.473. The van der Waals surface area contributed by atoms with Crippen LogP contribution in [0.4, 0.5) is 0 Å². The Morgan fingerprint density at radius 3 is 2.41 bits per heavy atom. The lowest BCUT2D eigenvalue weighted by Gasteiger charge is -2.29. The van der Waals surface area contributed by atoms with E-state index in [9.17, 15) is 19.2 Å². The molecule has 2 aliphatic rings. The van der Waals surface area contributed by atoms with Crippen molar-refractivity contribution in [3.8, 4) is 0 Å². The van der Waals surface area contributed by atoms with E-state index in [0.717, 1.165) is 17.5 Å². The molecule has 0 aromatic heterocycles. The molecule has 1 fully saturated rings. The van der Waals surface area contributed by atoms with Gasteiger partial charge in [-0.3, -0.25) is 24.1 Å². The van der Waals surface area contributed by atoms with Crippen molar-refractivity contribution in [3.05, 3.63) is 47.5 Å². The highest BCUT2D eigenvalue weighted by Crippen LogP contribution is 2.35. The van der Waals surface area contributed by atoms with Gasteiger partial charge in [-0.2, -0.15) is 0 Å². The van der Waals surface area contributed by atoms with Crippen molar-refractivity contribution < 1.29 is 19.2 Å². The standard InChI is InChI=1S/C25H33N3O4/c1-4-13-26-23(30)18(3)28(16-19-9-7-8-17(2)15-19)22(29)12-14-27-24(31)20-10-5-6-11-21(20)25(27)32/h5-9,15,18,20-21H,4,10-14,16H2,1-3H3,(H,26,30)/t18?,20-,21+. The molecule has 172 valence electrons. The van der Waals surface area contributed by atoms with Gasteiger partial charge < -0.3 is 10.2 Å². The zero-order chi connectivity index (χ0) is 23.3. The number of imide groups is 1. The highest BCUT2D eigenvalue weighted by Gasteiger charge is 2.47. The number of fused-ring (bicyclic) bond motifs is 1. The van der Waals surface area contributed by atoms with Gasteiger partial charge in [0.2, 0.25) is 23.6 Å². The molecule has 1 aliphatic heterocycles. The van der Waals surface area contributed by atoms with Crippen LogP contribution in [-0.2, 0) is 25.7 Å². The maximum Gasteiger partial charge on any atom is 0.242 e. The van der Waals surface area contributed by atoms with E-state index < -0.39 is 6.04 Å². The van der Waals surface area contributed by atoms with E-state index in [-0.39, 0.29) is 55.0 Å². The number of benzene rings is 1. The van der Waals surface area contributed by atoms with Crippen molar-refractivity contribution in [1.82, 2.24) is 15.1 Å². The molecule has 3 atom stereocenters. The summed E-state index contributed by atoms with van der Waals surface area (Å²) in [5.74, 6) is -1.43. The molecule has 0 bridgehead atoms. The maximum absolute atomic E-state index is 13.2. The largest absolute Gasteiger partial charge is 0.354 e. The zero-order valence-electron chi connectivity index (χ0n) is 19.2. The second kappa shape index (κ2) is 10.6. The lowest BCUT2D eigenvalue weighted by Crippen LogP contribution is -2.48. The minimum absolute atomic E-state index is 0.00155. The number of nitrogens with zero attached hydrogens (tertiary/aromatic N) is 2. The van der Waals surface area contributed by atoms with Crippen LogP contribution in [0.5, 0.6) is 0 Å². The van der Waals surface area contributed by atoms with Crippen LogP contribution in [0.1, 0.15) is 50.7 Å². The molecule has 4 amide bonds. The van der Waals surface area contributed by atoms with E-state index in [4.69, 9.17) is 0 Å². The molecule has 1 aliphatic carbocycles. The van der Waals surface area contributed by atoms with E-state index >= 15 is 0 Å². The van der Waals surface area contributed by atoms with Crippen molar-refractivity contribution in [2.24, 2.45) is 11.8 Å². The van der Waals surface area contributed by atoms with E-state index in [1.165, 1.54) is 4.90 Å². The van der Waals surface area contributed by atoms with E-state index in [1.54, 1.807) is 11.8 Å². The Morgan fingerprint density at radius 2 is 1.81 bits per heavy atom. The Hall–Kier alpha value is -2.96. The molecular weight excluding hydrogens is 406 g/mol. The van der Waals surface area contributed by atoms with Gasteiger partial charge in [0, 0.05) is 26.1 Å². The number of amides is 4.